The summed E-state index contributed by atoms with van der Waals surface area (Å²) in [5.74, 6) is -0.352. The van der Waals surface area contributed by atoms with Crippen molar-refractivity contribution in [2.45, 2.75) is 54.7 Å². The Balaban J connectivity index is 4.97. The van der Waals surface area contributed by atoms with Gasteiger partial charge in [0.05, 0.1) is 0 Å². The molecule has 0 saturated heterocycles. The molecule has 1 atom stereocenters. The van der Waals surface area contributed by atoms with E-state index in [1.807, 2.05) is 0 Å². The number of carbonyl (C=O) groups is 1. The molecule has 0 rings (SSSR count). The van der Waals surface area contributed by atoms with Crippen molar-refractivity contribution in [3.8, 4) is 0 Å². The first-order valence-electron chi connectivity index (χ1n) is 5.99. The van der Waals surface area contributed by atoms with Gasteiger partial charge in [-0.15, -0.1) is 0 Å². The van der Waals surface area contributed by atoms with E-state index in [0.29, 0.717) is 5.57 Å². The molecule has 0 aliphatic rings. The summed E-state index contributed by atoms with van der Waals surface area (Å²) in [4.78, 5) is 11.5. The summed E-state index contributed by atoms with van der Waals surface area (Å²) in [6.45, 7) is 17.8. The third-order valence-electron chi connectivity index (χ3n) is 2.79. The fourth-order valence-electron chi connectivity index (χ4n) is 2.58. The Morgan fingerprint density at radius 1 is 1.12 bits per heavy atom. The molecule has 3 heteroatoms. The van der Waals surface area contributed by atoms with Crippen LogP contribution < -0.4 is 5.73 Å². The van der Waals surface area contributed by atoms with E-state index in [-0.39, 0.29) is 16.7 Å². The van der Waals surface area contributed by atoms with E-state index in [4.69, 9.17) is 10.5 Å². The predicted molar refractivity (Wildman–Crippen MR) is 71.3 cm³/mol. The summed E-state index contributed by atoms with van der Waals surface area (Å²) in [5.41, 5.74) is 6.35. The fourth-order valence-corrected chi connectivity index (χ4v) is 2.58. The highest BCUT2D eigenvalue weighted by atomic mass is 16.6. The largest absolute Gasteiger partial charge is 0.443 e. The zero-order chi connectivity index (χ0) is 14.0. The van der Waals surface area contributed by atoms with Gasteiger partial charge in [-0.3, -0.25) is 5.73 Å². The van der Waals surface area contributed by atoms with Crippen molar-refractivity contribution in [1.82, 2.24) is 0 Å². The van der Waals surface area contributed by atoms with Crippen LogP contribution >= 0.6 is 0 Å². The van der Waals surface area contributed by atoms with Crippen molar-refractivity contribution >= 4 is 5.97 Å². The van der Waals surface area contributed by atoms with Crippen molar-refractivity contribution < 1.29 is 9.53 Å². The van der Waals surface area contributed by atoms with Crippen molar-refractivity contribution in [3.05, 3.63) is 12.2 Å². The highest BCUT2D eigenvalue weighted by Crippen LogP contribution is 2.41. The Labute approximate surface area is 105 Å². The molecule has 1 unspecified atom stereocenters. The Morgan fingerprint density at radius 2 is 1.47 bits per heavy atom. The molecule has 0 aromatic rings. The van der Waals surface area contributed by atoms with Crippen LogP contribution in [0.15, 0.2) is 12.2 Å². The molecule has 17 heavy (non-hydrogen) atoms. The smallest absolute Gasteiger partial charge is 0.334 e. The van der Waals surface area contributed by atoms with Gasteiger partial charge in [0.2, 0.25) is 0 Å². The van der Waals surface area contributed by atoms with Crippen LogP contribution in [0.1, 0.15) is 48.5 Å². The molecule has 0 spiro atoms. The van der Waals surface area contributed by atoms with Gasteiger partial charge in [-0.05, 0) is 17.8 Å². The van der Waals surface area contributed by atoms with Crippen LogP contribution in [0.4, 0.5) is 0 Å². The lowest BCUT2D eigenvalue weighted by atomic mass is 9.66. The zero-order valence-electron chi connectivity index (χ0n) is 12.3. The minimum Gasteiger partial charge on any atom is -0.443 e. The maximum absolute atomic E-state index is 11.5. The van der Waals surface area contributed by atoms with Crippen molar-refractivity contribution in [2.75, 3.05) is 0 Å². The number of esters is 1. The van der Waals surface area contributed by atoms with Gasteiger partial charge >= 0.3 is 5.97 Å². The third-order valence-corrected chi connectivity index (χ3v) is 2.79. The monoisotopic (exact) mass is 241 g/mol. The lowest BCUT2D eigenvalue weighted by molar-refractivity contribution is -0.152. The third kappa shape index (κ3) is 4.90. The molecule has 100 valence electrons. The second-order valence-corrected chi connectivity index (χ2v) is 6.86. The van der Waals surface area contributed by atoms with E-state index in [9.17, 15) is 4.79 Å². The van der Waals surface area contributed by atoms with E-state index in [1.165, 1.54) is 0 Å². The summed E-state index contributed by atoms with van der Waals surface area (Å²) >= 11 is 0. The quantitative estimate of drug-likeness (QED) is 0.469. The molecule has 0 aromatic carbocycles. The molecule has 0 aromatic heterocycles. The molecular weight excluding hydrogens is 214 g/mol. The molecular formula is C14H27NO2. The van der Waals surface area contributed by atoms with Crippen molar-refractivity contribution in [3.63, 3.8) is 0 Å². The number of hydrogen-bond donors (Lipinski definition) is 1. The number of hydrogen-bond acceptors (Lipinski definition) is 3. The van der Waals surface area contributed by atoms with Crippen LogP contribution in [0.2, 0.25) is 0 Å². The van der Waals surface area contributed by atoms with E-state index in [0.717, 1.165) is 0 Å². The highest BCUT2D eigenvalue weighted by molar-refractivity contribution is 5.87. The van der Waals surface area contributed by atoms with Gasteiger partial charge in [-0.25, -0.2) is 4.79 Å². The second-order valence-electron chi connectivity index (χ2n) is 6.86. The van der Waals surface area contributed by atoms with Crippen molar-refractivity contribution in [1.29, 1.82) is 0 Å². The average molecular weight is 241 g/mol. The van der Waals surface area contributed by atoms with Gasteiger partial charge in [0.15, 0.2) is 6.23 Å². The molecule has 0 bridgehead atoms. The molecule has 0 aliphatic carbocycles. The molecule has 0 fully saturated rings. The number of carbonyl (C=O) groups excluding carboxylic acids is 1. The van der Waals surface area contributed by atoms with Gasteiger partial charge in [-0.2, -0.15) is 0 Å². The summed E-state index contributed by atoms with van der Waals surface area (Å²) in [6, 6.07) is 0. The van der Waals surface area contributed by atoms with Crippen molar-refractivity contribution in [2.24, 2.45) is 22.5 Å². The van der Waals surface area contributed by atoms with Crippen LogP contribution in [0, 0.1) is 16.7 Å². The first kappa shape index (κ1) is 16.2. The predicted octanol–water partition coefficient (Wildman–Crippen LogP) is 3.10. The van der Waals surface area contributed by atoms with E-state index in [2.05, 4.69) is 48.1 Å². The summed E-state index contributed by atoms with van der Waals surface area (Å²) in [6.07, 6.45) is -0.612. The molecule has 0 saturated carbocycles. The van der Waals surface area contributed by atoms with Gasteiger partial charge in [0.1, 0.15) is 0 Å². The Bertz CT molecular complexity index is 280. The highest BCUT2D eigenvalue weighted by Gasteiger charge is 2.41. The van der Waals surface area contributed by atoms with Crippen LogP contribution in [0.25, 0.3) is 0 Å². The van der Waals surface area contributed by atoms with Crippen LogP contribution in [-0.2, 0) is 9.53 Å². The molecule has 0 aliphatic heterocycles. The van der Waals surface area contributed by atoms with Crippen LogP contribution in [0.5, 0.6) is 0 Å². The van der Waals surface area contributed by atoms with E-state index in [1.54, 1.807) is 6.92 Å². The summed E-state index contributed by atoms with van der Waals surface area (Å²) in [7, 11) is 0. The van der Waals surface area contributed by atoms with Gasteiger partial charge in [0.25, 0.3) is 0 Å². The average Bonchev–Trinajstić information content (AvgIpc) is 1.96. The SMILES string of the molecule is C=C(C)C(=O)OC(N)C(C(C)(C)C)C(C)(C)C. The minimum atomic E-state index is -0.612. The number of rotatable bonds is 3. The molecule has 0 radical (unpaired) electrons. The van der Waals surface area contributed by atoms with Crippen LogP contribution in [0.3, 0.4) is 0 Å². The van der Waals surface area contributed by atoms with Gasteiger partial charge < -0.3 is 4.74 Å². The standard InChI is InChI=1S/C14H27NO2/c1-9(2)12(16)17-11(15)10(13(3,4)5)14(6,7)8/h10-11H,1,15H2,2-8H3. The number of ether oxygens (including phenoxy) is 1. The summed E-state index contributed by atoms with van der Waals surface area (Å²) in [5, 5.41) is 0. The Kier molecular flexibility index (Phi) is 4.96. The lowest BCUT2D eigenvalue weighted by Crippen LogP contribution is -2.48. The van der Waals surface area contributed by atoms with E-state index < -0.39 is 12.2 Å². The molecule has 2 N–H and O–H groups in total. The van der Waals surface area contributed by atoms with Crippen LogP contribution in [-0.4, -0.2) is 12.2 Å². The first-order chi connectivity index (χ1) is 7.37. The van der Waals surface area contributed by atoms with Gasteiger partial charge in [0, 0.05) is 11.5 Å². The van der Waals surface area contributed by atoms with Gasteiger partial charge in [-0.1, -0.05) is 48.1 Å². The zero-order valence-corrected chi connectivity index (χ0v) is 12.3. The molecule has 0 amide bonds. The Hall–Kier alpha value is -0.830. The maximum atomic E-state index is 11.5. The normalized spacial score (nSPS) is 14.6. The molecule has 0 heterocycles. The first-order valence-corrected chi connectivity index (χ1v) is 5.99. The second kappa shape index (κ2) is 5.21. The fraction of sp³-hybridized carbons (Fsp3) is 0.786. The minimum absolute atomic E-state index is 0.0347. The lowest BCUT2D eigenvalue weighted by Gasteiger charge is -2.43. The number of nitrogens with two attached hydrogens (primary N) is 1. The Morgan fingerprint density at radius 3 is 1.71 bits per heavy atom. The molecule has 3 nitrogen and oxygen atoms in total. The topological polar surface area (TPSA) is 52.3 Å². The summed E-state index contributed by atoms with van der Waals surface area (Å²) < 4.78 is 5.27. The maximum Gasteiger partial charge on any atom is 0.334 e. The van der Waals surface area contributed by atoms with E-state index >= 15 is 0 Å².